The van der Waals surface area contributed by atoms with Gasteiger partial charge < -0.3 is 14.1 Å². The summed E-state index contributed by atoms with van der Waals surface area (Å²) in [5.41, 5.74) is 1.15. The molecule has 0 aliphatic carbocycles. The highest BCUT2D eigenvalue weighted by Crippen LogP contribution is 2.35. The lowest BCUT2D eigenvalue weighted by Crippen LogP contribution is -2.74. The van der Waals surface area contributed by atoms with Crippen molar-refractivity contribution in [3.63, 3.8) is 0 Å². The molecule has 4 amide bonds. The fraction of sp³-hybridized carbons (Fsp3) is 0.179. The van der Waals surface area contributed by atoms with Crippen LogP contribution in [-0.2, 0) is 9.59 Å². The van der Waals surface area contributed by atoms with Gasteiger partial charge in [0.05, 0.1) is 11.9 Å². The zero-order valence-electron chi connectivity index (χ0n) is 20.5. The van der Waals surface area contributed by atoms with Crippen molar-refractivity contribution in [1.29, 1.82) is 0 Å². The second-order valence-corrected chi connectivity index (χ2v) is 9.23. The predicted octanol–water partition coefficient (Wildman–Crippen LogP) is 4.43. The van der Waals surface area contributed by atoms with Crippen molar-refractivity contribution in [2.24, 2.45) is 0 Å². The number of pyridine rings is 1. The first-order valence-electron chi connectivity index (χ1n) is 12.3. The third-order valence-corrected chi connectivity index (χ3v) is 6.84. The molecule has 0 saturated carbocycles. The van der Waals surface area contributed by atoms with Crippen LogP contribution in [0.5, 0.6) is 11.6 Å². The van der Waals surface area contributed by atoms with Crippen LogP contribution < -0.4 is 20.3 Å². The van der Waals surface area contributed by atoms with E-state index in [1.807, 2.05) is 0 Å². The number of benzene rings is 2. The molecule has 1 spiro atoms. The van der Waals surface area contributed by atoms with Crippen molar-refractivity contribution in [1.82, 2.24) is 20.6 Å². The van der Waals surface area contributed by atoms with Gasteiger partial charge in [0.15, 0.2) is 5.54 Å². The molecule has 2 aromatic carbocycles. The van der Waals surface area contributed by atoms with Gasteiger partial charge in [-0.2, -0.15) is 0 Å². The Morgan fingerprint density at radius 2 is 1.62 bits per heavy atom. The summed E-state index contributed by atoms with van der Waals surface area (Å²) in [6.45, 7) is 0.460. The summed E-state index contributed by atoms with van der Waals surface area (Å²) in [5.74, 6) is -0.321. The maximum atomic E-state index is 13.2. The fourth-order valence-corrected chi connectivity index (χ4v) is 4.88. The molecule has 10 nitrogen and oxygen atoms in total. The quantitative estimate of drug-likeness (QED) is 0.365. The summed E-state index contributed by atoms with van der Waals surface area (Å²) in [6, 6.07) is 15.7. The van der Waals surface area contributed by atoms with E-state index in [-0.39, 0.29) is 5.82 Å². The molecule has 4 heterocycles. The van der Waals surface area contributed by atoms with E-state index in [1.54, 1.807) is 53.4 Å². The lowest BCUT2D eigenvalue weighted by atomic mass is 9.83. The Hall–Kier alpha value is -5.06. The van der Waals surface area contributed by atoms with Crippen LogP contribution in [-0.4, -0.2) is 39.9 Å². The number of oxazole rings is 1. The van der Waals surface area contributed by atoms with E-state index in [4.69, 9.17) is 9.15 Å². The summed E-state index contributed by atoms with van der Waals surface area (Å²) < 4.78 is 24.7. The number of aromatic nitrogens is 2. The number of barbiturate groups is 1. The largest absolute Gasteiger partial charge is 0.444 e. The minimum absolute atomic E-state index is 0.290. The summed E-state index contributed by atoms with van der Waals surface area (Å²) in [7, 11) is 0. The third kappa shape index (κ3) is 4.48. The summed E-state index contributed by atoms with van der Waals surface area (Å²) in [6.07, 6.45) is 4.81. The van der Waals surface area contributed by atoms with Crippen LogP contribution in [0.1, 0.15) is 19.3 Å². The van der Waals surface area contributed by atoms with E-state index in [2.05, 4.69) is 20.6 Å². The number of nitrogens with zero attached hydrogens (tertiary/aromatic N) is 3. The minimum atomic E-state index is -1.50. The number of halogens is 1. The highest BCUT2D eigenvalue weighted by atomic mass is 19.1. The number of amides is 4. The Morgan fingerprint density at radius 3 is 2.31 bits per heavy atom. The summed E-state index contributed by atoms with van der Waals surface area (Å²) in [4.78, 5) is 47.7. The Labute approximate surface area is 221 Å². The number of piperidine rings is 1. The molecule has 6 rings (SSSR count). The monoisotopic (exact) mass is 527 g/mol. The lowest BCUT2D eigenvalue weighted by molar-refractivity contribution is -0.139. The van der Waals surface area contributed by atoms with Crippen LogP contribution in [0.3, 0.4) is 0 Å². The van der Waals surface area contributed by atoms with E-state index in [0.717, 1.165) is 17.5 Å². The number of urea groups is 1. The molecule has 2 saturated heterocycles. The Morgan fingerprint density at radius 1 is 0.897 bits per heavy atom. The number of carbonyl (C=O) groups is 3. The molecule has 0 atom stereocenters. The van der Waals surface area contributed by atoms with Gasteiger partial charge in [-0.05, 0) is 73.9 Å². The first kappa shape index (κ1) is 24.3. The second-order valence-electron chi connectivity index (χ2n) is 9.23. The number of hydrogen-bond acceptors (Lipinski definition) is 8. The molecule has 4 aromatic rings. The van der Waals surface area contributed by atoms with Gasteiger partial charge >= 0.3 is 6.03 Å². The number of anilines is 1. The van der Waals surface area contributed by atoms with Crippen LogP contribution in [0.15, 0.2) is 77.5 Å². The van der Waals surface area contributed by atoms with Gasteiger partial charge in [-0.1, -0.05) is 0 Å². The topological polar surface area (TPSA) is 127 Å². The van der Waals surface area contributed by atoms with E-state index in [9.17, 15) is 18.8 Å². The van der Waals surface area contributed by atoms with Gasteiger partial charge in [0, 0.05) is 23.7 Å². The zero-order valence-corrected chi connectivity index (χ0v) is 20.5. The molecule has 2 fully saturated rings. The highest BCUT2D eigenvalue weighted by Gasteiger charge is 2.55. The average Bonchev–Trinajstić information content (AvgIpc) is 3.44. The van der Waals surface area contributed by atoms with Crippen molar-refractivity contribution >= 4 is 23.5 Å². The SMILES string of the molecule is O=C1NC(=O)C2(CCCCN2c2ccc(Oc3ccc(-c4nc(-c5ccc(F)cc5)co4)cc3)nc2)C(=O)N1. The third-order valence-electron chi connectivity index (χ3n) is 6.84. The smallest absolute Gasteiger partial charge is 0.328 e. The molecule has 2 N–H and O–H groups in total. The first-order valence-corrected chi connectivity index (χ1v) is 12.3. The molecule has 2 aliphatic rings. The van der Waals surface area contributed by atoms with Gasteiger partial charge in [-0.25, -0.2) is 19.2 Å². The number of rotatable bonds is 5. The molecule has 196 valence electrons. The molecule has 39 heavy (non-hydrogen) atoms. The number of ether oxygens (including phenoxy) is 1. The molecular weight excluding hydrogens is 505 g/mol. The summed E-state index contributed by atoms with van der Waals surface area (Å²) >= 11 is 0. The maximum absolute atomic E-state index is 13.2. The van der Waals surface area contributed by atoms with E-state index in [1.165, 1.54) is 24.6 Å². The van der Waals surface area contributed by atoms with Crippen molar-refractivity contribution in [3.8, 4) is 34.3 Å². The van der Waals surface area contributed by atoms with Crippen molar-refractivity contribution < 1.29 is 27.9 Å². The minimum Gasteiger partial charge on any atom is -0.444 e. The molecule has 2 aliphatic heterocycles. The summed E-state index contributed by atoms with van der Waals surface area (Å²) in [5, 5.41) is 4.44. The predicted molar refractivity (Wildman–Crippen MR) is 137 cm³/mol. The maximum Gasteiger partial charge on any atom is 0.328 e. The van der Waals surface area contributed by atoms with Gasteiger partial charge in [0.2, 0.25) is 11.8 Å². The Bertz CT molecular complexity index is 1530. The van der Waals surface area contributed by atoms with Crippen LogP contribution >= 0.6 is 0 Å². The fourth-order valence-electron chi connectivity index (χ4n) is 4.88. The lowest BCUT2D eigenvalue weighted by Gasteiger charge is -2.46. The van der Waals surface area contributed by atoms with E-state index >= 15 is 0 Å². The number of carbonyl (C=O) groups excluding carboxylic acids is 3. The number of hydrogen-bond donors (Lipinski definition) is 2. The van der Waals surface area contributed by atoms with Crippen molar-refractivity contribution in [2.75, 3.05) is 11.4 Å². The standard InChI is InChI=1S/C28H22FN5O5/c29-19-7-3-17(4-8-19)22-16-38-24(31-22)18-5-10-21(11-6-18)39-23-12-9-20(15-30-23)34-14-2-1-13-28(34)25(35)32-27(37)33-26(28)36/h3-12,15-16H,1-2,13-14H2,(H2,32,33,35,36,37). The van der Waals surface area contributed by atoms with Gasteiger partial charge in [-0.3, -0.25) is 20.2 Å². The van der Waals surface area contributed by atoms with Crippen LogP contribution in [0.2, 0.25) is 0 Å². The molecule has 0 bridgehead atoms. The first-order chi connectivity index (χ1) is 18.9. The van der Waals surface area contributed by atoms with Crippen molar-refractivity contribution in [3.05, 3.63) is 78.9 Å². The molecular formula is C28H22FN5O5. The molecule has 11 heteroatoms. The van der Waals surface area contributed by atoms with Gasteiger partial charge in [-0.15, -0.1) is 0 Å². The normalized spacial score (nSPS) is 16.6. The Balaban J connectivity index is 1.16. The Kier molecular flexibility index (Phi) is 6.02. The number of nitrogens with one attached hydrogen (secondary N) is 2. The van der Waals surface area contributed by atoms with Crippen molar-refractivity contribution in [2.45, 2.75) is 24.8 Å². The van der Waals surface area contributed by atoms with Crippen LogP contribution in [0, 0.1) is 5.82 Å². The molecule has 2 aromatic heterocycles. The highest BCUT2D eigenvalue weighted by molar-refractivity contribution is 6.24. The van der Waals surface area contributed by atoms with E-state index < -0.39 is 23.4 Å². The van der Waals surface area contributed by atoms with Crippen LogP contribution in [0.25, 0.3) is 22.7 Å². The van der Waals surface area contributed by atoms with Crippen LogP contribution in [0.4, 0.5) is 14.9 Å². The van der Waals surface area contributed by atoms with Gasteiger partial charge in [0.1, 0.15) is 23.5 Å². The number of imide groups is 2. The molecule has 0 radical (unpaired) electrons. The second kappa shape index (κ2) is 9.67. The molecule has 0 unspecified atom stereocenters. The van der Waals surface area contributed by atoms with E-state index in [0.29, 0.717) is 48.3 Å². The zero-order chi connectivity index (χ0) is 27.0. The average molecular weight is 528 g/mol. The van der Waals surface area contributed by atoms with Gasteiger partial charge in [0.25, 0.3) is 11.8 Å².